The van der Waals surface area contributed by atoms with Crippen LogP contribution in [-0.4, -0.2) is 27.5 Å². The maximum absolute atomic E-state index is 6.38. The van der Waals surface area contributed by atoms with Crippen molar-refractivity contribution >= 4 is 31.3 Å². The number of rotatable bonds is 3. The molecule has 5 heteroatoms. The summed E-state index contributed by atoms with van der Waals surface area (Å²) in [6.07, 6.45) is 0.313. The Kier molecular flexibility index (Phi) is 4.11. The molecule has 1 heterocycles. The van der Waals surface area contributed by atoms with Crippen LogP contribution in [0.4, 0.5) is 11.4 Å². The molecule has 0 aromatic heterocycles. The average molecular weight is 313 g/mol. The van der Waals surface area contributed by atoms with E-state index in [-0.39, 0.29) is 5.04 Å². The van der Waals surface area contributed by atoms with Crippen LogP contribution in [0.25, 0.3) is 0 Å². The van der Waals surface area contributed by atoms with Gasteiger partial charge in [0.25, 0.3) is 0 Å². The lowest BCUT2D eigenvalue weighted by molar-refractivity contribution is 0.149. The monoisotopic (exact) mass is 312 g/mol. The highest BCUT2D eigenvalue weighted by molar-refractivity contribution is 6.74. The molecule has 0 aliphatic carbocycles. The summed E-state index contributed by atoms with van der Waals surface area (Å²) in [5.74, 6) is 0. The molecule has 0 atom stereocenters. The first kappa shape index (κ1) is 15.7. The van der Waals surface area contributed by atoms with Crippen molar-refractivity contribution in [1.82, 2.24) is 0 Å². The molecule has 0 unspecified atom stereocenters. The van der Waals surface area contributed by atoms with Crippen molar-refractivity contribution in [2.24, 2.45) is 0 Å². The Morgan fingerprint density at radius 3 is 2.45 bits per heavy atom. The molecule has 0 amide bonds. The first-order valence-corrected chi connectivity index (χ1v) is 10.4. The molecule has 1 aliphatic rings. The van der Waals surface area contributed by atoms with Crippen molar-refractivity contribution < 1.29 is 4.43 Å². The molecule has 112 valence electrons. The summed E-state index contributed by atoms with van der Waals surface area (Å²) in [4.78, 5) is 2.23. The fraction of sp³-hybridized carbons (Fsp3) is 0.600. The Hall–Kier alpha value is -0.713. The number of halogens is 1. The molecule has 1 saturated heterocycles. The molecule has 1 fully saturated rings. The van der Waals surface area contributed by atoms with Gasteiger partial charge in [0, 0.05) is 18.8 Å². The van der Waals surface area contributed by atoms with Crippen molar-refractivity contribution in [2.75, 3.05) is 23.7 Å². The van der Waals surface area contributed by atoms with Gasteiger partial charge in [0.05, 0.1) is 16.8 Å². The Balaban J connectivity index is 1.97. The van der Waals surface area contributed by atoms with Gasteiger partial charge in [0.15, 0.2) is 8.32 Å². The number of anilines is 2. The van der Waals surface area contributed by atoms with E-state index in [1.807, 2.05) is 18.2 Å². The molecule has 1 aromatic rings. The second-order valence-electron chi connectivity index (χ2n) is 7.12. The summed E-state index contributed by atoms with van der Waals surface area (Å²) in [5.41, 5.74) is 7.59. The fourth-order valence-electron chi connectivity index (χ4n) is 2.07. The van der Waals surface area contributed by atoms with E-state index in [2.05, 4.69) is 38.8 Å². The second-order valence-corrected chi connectivity index (χ2v) is 12.3. The van der Waals surface area contributed by atoms with Gasteiger partial charge in [-0.3, -0.25) is 0 Å². The first-order chi connectivity index (χ1) is 9.10. The van der Waals surface area contributed by atoms with E-state index in [1.54, 1.807) is 0 Å². The van der Waals surface area contributed by atoms with Gasteiger partial charge < -0.3 is 15.1 Å². The van der Waals surface area contributed by atoms with E-state index >= 15 is 0 Å². The van der Waals surface area contributed by atoms with E-state index in [1.165, 1.54) is 0 Å². The molecule has 0 radical (unpaired) electrons. The number of nitrogens with two attached hydrogens (primary N) is 1. The number of nitrogen functional groups attached to an aromatic ring is 1. The molecule has 0 spiro atoms. The highest BCUT2D eigenvalue weighted by Crippen LogP contribution is 2.39. The summed E-state index contributed by atoms with van der Waals surface area (Å²) in [6.45, 7) is 13.2. The van der Waals surface area contributed by atoms with Gasteiger partial charge in [-0.25, -0.2) is 0 Å². The summed E-state index contributed by atoms with van der Waals surface area (Å²) in [6, 6.07) is 5.62. The Bertz CT molecular complexity index is 493. The maximum Gasteiger partial charge on any atom is 0.192 e. The van der Waals surface area contributed by atoms with E-state index in [0.717, 1.165) is 29.5 Å². The lowest BCUT2D eigenvalue weighted by Crippen LogP contribution is -2.58. The standard InChI is InChI=1S/C15H25ClN2OSi/c1-15(2,3)20(4,5)19-12-9-18(10-12)14-8-11(17)6-7-13(14)16/h6-8,12H,9-10,17H2,1-5H3. The van der Waals surface area contributed by atoms with Crippen LogP contribution in [0.5, 0.6) is 0 Å². The molecule has 3 nitrogen and oxygen atoms in total. The molecule has 2 N–H and O–H groups in total. The van der Waals surface area contributed by atoms with Crippen LogP contribution >= 0.6 is 11.6 Å². The number of nitrogens with zero attached hydrogens (tertiary/aromatic N) is 1. The molecular weight excluding hydrogens is 288 g/mol. The van der Waals surface area contributed by atoms with Crippen LogP contribution in [0.15, 0.2) is 18.2 Å². The number of hydrogen-bond acceptors (Lipinski definition) is 3. The summed E-state index contributed by atoms with van der Waals surface area (Å²) in [5, 5.41) is 1.01. The predicted octanol–water partition coefficient (Wildman–Crippen LogP) is 4.13. The third kappa shape index (κ3) is 3.13. The Morgan fingerprint density at radius 2 is 1.90 bits per heavy atom. The smallest absolute Gasteiger partial charge is 0.192 e. The van der Waals surface area contributed by atoms with Gasteiger partial charge in [-0.05, 0) is 36.3 Å². The van der Waals surface area contributed by atoms with Crippen LogP contribution in [-0.2, 0) is 4.43 Å². The highest BCUT2D eigenvalue weighted by atomic mass is 35.5. The fourth-order valence-corrected chi connectivity index (χ4v) is 3.65. The van der Waals surface area contributed by atoms with Crippen LogP contribution in [0.1, 0.15) is 20.8 Å². The molecule has 2 rings (SSSR count). The van der Waals surface area contributed by atoms with Crippen molar-refractivity contribution in [3.8, 4) is 0 Å². The third-order valence-electron chi connectivity index (χ3n) is 4.43. The van der Waals surface area contributed by atoms with Crippen LogP contribution in [0.2, 0.25) is 23.2 Å². The number of benzene rings is 1. The molecule has 1 aliphatic heterocycles. The quantitative estimate of drug-likeness (QED) is 0.673. The zero-order valence-electron chi connectivity index (χ0n) is 13.0. The lowest BCUT2D eigenvalue weighted by atomic mass is 10.1. The van der Waals surface area contributed by atoms with Crippen molar-refractivity contribution in [3.63, 3.8) is 0 Å². The largest absolute Gasteiger partial charge is 0.410 e. The molecule has 1 aromatic carbocycles. The zero-order chi connectivity index (χ0) is 15.1. The highest BCUT2D eigenvalue weighted by Gasteiger charge is 2.42. The minimum Gasteiger partial charge on any atom is -0.410 e. The molecular formula is C15H25ClN2OSi. The molecule has 0 saturated carbocycles. The van der Waals surface area contributed by atoms with Gasteiger partial charge in [-0.2, -0.15) is 0 Å². The van der Waals surface area contributed by atoms with E-state index in [9.17, 15) is 0 Å². The van der Waals surface area contributed by atoms with Crippen molar-refractivity contribution in [1.29, 1.82) is 0 Å². The van der Waals surface area contributed by atoms with Crippen molar-refractivity contribution in [3.05, 3.63) is 23.2 Å². The maximum atomic E-state index is 6.38. The van der Waals surface area contributed by atoms with Crippen LogP contribution < -0.4 is 10.6 Å². The molecule has 0 bridgehead atoms. The van der Waals surface area contributed by atoms with Crippen LogP contribution in [0, 0.1) is 0 Å². The predicted molar refractivity (Wildman–Crippen MR) is 90.1 cm³/mol. The first-order valence-electron chi connectivity index (χ1n) is 7.08. The summed E-state index contributed by atoms with van der Waals surface area (Å²) >= 11 is 6.23. The zero-order valence-corrected chi connectivity index (χ0v) is 14.8. The third-order valence-corrected chi connectivity index (χ3v) is 9.28. The summed E-state index contributed by atoms with van der Waals surface area (Å²) in [7, 11) is -1.68. The molecule has 20 heavy (non-hydrogen) atoms. The van der Waals surface area contributed by atoms with Crippen molar-refractivity contribution in [2.45, 2.75) is 45.0 Å². The van der Waals surface area contributed by atoms with Gasteiger partial charge in [-0.1, -0.05) is 32.4 Å². The minimum absolute atomic E-state index is 0.252. The van der Waals surface area contributed by atoms with E-state index in [4.69, 9.17) is 21.8 Å². The lowest BCUT2D eigenvalue weighted by Gasteiger charge is -2.47. The van der Waals surface area contributed by atoms with E-state index < -0.39 is 8.32 Å². The average Bonchev–Trinajstić information content (AvgIpc) is 2.25. The van der Waals surface area contributed by atoms with Gasteiger partial charge in [0.2, 0.25) is 0 Å². The summed E-state index contributed by atoms with van der Waals surface area (Å²) < 4.78 is 6.38. The van der Waals surface area contributed by atoms with Gasteiger partial charge >= 0.3 is 0 Å². The topological polar surface area (TPSA) is 38.5 Å². The van der Waals surface area contributed by atoms with E-state index in [0.29, 0.717) is 6.10 Å². The number of hydrogen-bond donors (Lipinski definition) is 1. The van der Waals surface area contributed by atoms with Gasteiger partial charge in [0.1, 0.15) is 0 Å². The second kappa shape index (κ2) is 5.24. The minimum atomic E-state index is -1.68. The normalized spacial score (nSPS) is 17.2. The Labute approximate surface area is 128 Å². The van der Waals surface area contributed by atoms with Gasteiger partial charge in [-0.15, -0.1) is 0 Å². The SMILES string of the molecule is CC(C)(C)[Si](C)(C)OC1CN(c2cc(N)ccc2Cl)C1. The Morgan fingerprint density at radius 1 is 1.30 bits per heavy atom. The van der Waals surface area contributed by atoms with Crippen LogP contribution in [0.3, 0.4) is 0 Å².